The highest BCUT2D eigenvalue weighted by atomic mass is 28.3. The average molecular weight is 242 g/mol. The first kappa shape index (κ1) is 14.2. The summed E-state index contributed by atoms with van der Waals surface area (Å²) in [5, 5.41) is 0. The number of rotatable bonds is 3. The molecular formula is C14H30OSi. The van der Waals surface area contributed by atoms with Crippen LogP contribution < -0.4 is 0 Å². The molecule has 0 aromatic carbocycles. The van der Waals surface area contributed by atoms with Crippen LogP contribution in [-0.4, -0.2) is 20.3 Å². The zero-order valence-corrected chi connectivity index (χ0v) is 13.1. The Balaban J connectivity index is 2.28. The molecule has 0 radical (unpaired) electrons. The zero-order chi connectivity index (χ0) is 12.4. The summed E-state index contributed by atoms with van der Waals surface area (Å²) in [7, 11) is -0.886. The number of ether oxygens (including phenoxy) is 1. The lowest BCUT2D eigenvalue weighted by atomic mass is 9.89. The van der Waals surface area contributed by atoms with Gasteiger partial charge in [0.1, 0.15) is 0 Å². The van der Waals surface area contributed by atoms with E-state index in [1.807, 2.05) is 0 Å². The van der Waals surface area contributed by atoms with Crippen molar-refractivity contribution in [3.05, 3.63) is 0 Å². The third-order valence-electron chi connectivity index (χ3n) is 3.82. The lowest BCUT2D eigenvalue weighted by Gasteiger charge is -2.36. The molecule has 0 amide bonds. The van der Waals surface area contributed by atoms with Gasteiger partial charge in [-0.05, 0) is 45.1 Å². The Morgan fingerprint density at radius 2 is 1.50 bits per heavy atom. The van der Waals surface area contributed by atoms with Crippen molar-refractivity contribution in [1.29, 1.82) is 0 Å². The molecule has 1 aliphatic rings. The molecule has 1 nitrogen and oxygen atoms in total. The van der Waals surface area contributed by atoms with E-state index in [4.69, 9.17) is 4.74 Å². The van der Waals surface area contributed by atoms with E-state index in [-0.39, 0.29) is 5.60 Å². The van der Waals surface area contributed by atoms with Crippen LogP contribution in [0.3, 0.4) is 0 Å². The summed E-state index contributed by atoms with van der Waals surface area (Å²) in [5.41, 5.74) is 1.09. The Bertz CT molecular complexity index is 204. The molecule has 0 aromatic heterocycles. The van der Waals surface area contributed by atoms with Crippen LogP contribution in [0.4, 0.5) is 0 Å². The van der Waals surface area contributed by atoms with Crippen LogP contribution in [0.25, 0.3) is 0 Å². The molecule has 0 unspecified atom stereocenters. The van der Waals surface area contributed by atoms with Gasteiger partial charge in [0.25, 0.3) is 0 Å². The van der Waals surface area contributed by atoms with Gasteiger partial charge in [-0.25, -0.2) is 0 Å². The fourth-order valence-electron chi connectivity index (χ4n) is 2.56. The van der Waals surface area contributed by atoms with E-state index >= 15 is 0 Å². The number of hydrogen-bond donors (Lipinski definition) is 0. The zero-order valence-electron chi connectivity index (χ0n) is 12.1. The maximum atomic E-state index is 5.90. The van der Waals surface area contributed by atoms with Crippen molar-refractivity contribution in [2.45, 2.75) is 77.2 Å². The van der Waals surface area contributed by atoms with Gasteiger partial charge in [-0.3, -0.25) is 0 Å². The second-order valence-corrected chi connectivity index (χ2v) is 13.1. The lowest BCUT2D eigenvalue weighted by molar-refractivity contribution is -0.0278. The quantitative estimate of drug-likeness (QED) is 0.652. The lowest BCUT2D eigenvalue weighted by Crippen LogP contribution is -2.33. The van der Waals surface area contributed by atoms with E-state index in [0.717, 1.165) is 18.1 Å². The molecule has 1 aliphatic carbocycles. The third kappa shape index (κ3) is 5.01. The van der Waals surface area contributed by atoms with E-state index in [1.165, 1.54) is 25.7 Å². The van der Waals surface area contributed by atoms with Crippen LogP contribution in [0.15, 0.2) is 0 Å². The van der Waals surface area contributed by atoms with E-state index in [2.05, 4.69) is 40.4 Å². The highest BCUT2D eigenvalue weighted by molar-refractivity contribution is 6.77. The smallest absolute Gasteiger partial charge is 0.0598 e. The van der Waals surface area contributed by atoms with Crippen molar-refractivity contribution < 1.29 is 4.74 Å². The van der Waals surface area contributed by atoms with Crippen LogP contribution in [-0.2, 0) is 4.74 Å². The molecule has 1 fully saturated rings. The standard InChI is InChI=1S/C14H30OSi/c1-14(2,3)15-11-12-7-9-13(10-8-12)16(4,5)6/h12-13H,7-11H2,1-6H3. The first-order valence-electron chi connectivity index (χ1n) is 6.82. The van der Waals surface area contributed by atoms with Crippen molar-refractivity contribution in [2.75, 3.05) is 6.61 Å². The molecule has 0 N–H and O–H groups in total. The second kappa shape index (κ2) is 5.22. The molecule has 0 atom stereocenters. The van der Waals surface area contributed by atoms with Crippen molar-refractivity contribution >= 4 is 8.07 Å². The van der Waals surface area contributed by atoms with Crippen molar-refractivity contribution in [3.63, 3.8) is 0 Å². The Kier molecular flexibility index (Phi) is 4.64. The van der Waals surface area contributed by atoms with Gasteiger partial charge in [-0.15, -0.1) is 0 Å². The summed E-state index contributed by atoms with van der Waals surface area (Å²) in [6.07, 6.45) is 5.69. The van der Waals surface area contributed by atoms with Gasteiger partial charge in [0.05, 0.1) is 12.2 Å². The van der Waals surface area contributed by atoms with Crippen molar-refractivity contribution in [3.8, 4) is 0 Å². The SMILES string of the molecule is CC(C)(C)OCC1CCC([Si](C)(C)C)CC1. The van der Waals surface area contributed by atoms with Gasteiger partial charge in [0.2, 0.25) is 0 Å². The molecule has 0 aliphatic heterocycles. The molecule has 0 heterocycles. The van der Waals surface area contributed by atoms with Crippen LogP contribution in [0.1, 0.15) is 46.5 Å². The average Bonchev–Trinajstić information content (AvgIpc) is 2.13. The normalized spacial score (nSPS) is 28.1. The topological polar surface area (TPSA) is 9.23 Å². The summed E-state index contributed by atoms with van der Waals surface area (Å²) < 4.78 is 5.90. The predicted octanol–water partition coefficient (Wildman–Crippen LogP) is 4.70. The molecule has 0 spiro atoms. The van der Waals surface area contributed by atoms with Gasteiger partial charge in [-0.1, -0.05) is 32.5 Å². The molecule has 96 valence electrons. The Labute approximate surface area is 103 Å². The van der Waals surface area contributed by atoms with Gasteiger partial charge >= 0.3 is 0 Å². The summed E-state index contributed by atoms with van der Waals surface area (Å²) in [6.45, 7) is 15.0. The largest absolute Gasteiger partial charge is 0.376 e. The monoisotopic (exact) mass is 242 g/mol. The Morgan fingerprint density at radius 1 is 1.00 bits per heavy atom. The highest BCUT2D eigenvalue weighted by Gasteiger charge is 2.31. The van der Waals surface area contributed by atoms with Gasteiger partial charge < -0.3 is 4.74 Å². The first-order chi connectivity index (χ1) is 7.18. The Hall–Kier alpha value is 0.177. The molecule has 0 bridgehead atoms. The van der Waals surface area contributed by atoms with E-state index in [0.29, 0.717) is 0 Å². The molecule has 0 saturated heterocycles. The minimum atomic E-state index is -0.886. The van der Waals surface area contributed by atoms with Gasteiger partial charge in [0.15, 0.2) is 0 Å². The van der Waals surface area contributed by atoms with E-state index in [1.54, 1.807) is 0 Å². The third-order valence-corrected chi connectivity index (χ3v) is 6.85. The molecule has 1 rings (SSSR count). The van der Waals surface area contributed by atoms with E-state index < -0.39 is 8.07 Å². The maximum absolute atomic E-state index is 5.90. The Morgan fingerprint density at radius 3 is 1.88 bits per heavy atom. The van der Waals surface area contributed by atoms with Gasteiger partial charge in [-0.2, -0.15) is 0 Å². The summed E-state index contributed by atoms with van der Waals surface area (Å²) in [5.74, 6) is 0.826. The minimum absolute atomic E-state index is 0.0373. The molecule has 16 heavy (non-hydrogen) atoms. The summed E-state index contributed by atoms with van der Waals surface area (Å²) >= 11 is 0. The fourth-order valence-corrected chi connectivity index (χ4v) is 4.63. The van der Waals surface area contributed by atoms with Crippen LogP contribution in [0.5, 0.6) is 0 Å². The molecule has 1 saturated carbocycles. The van der Waals surface area contributed by atoms with Crippen LogP contribution >= 0.6 is 0 Å². The van der Waals surface area contributed by atoms with Crippen molar-refractivity contribution in [1.82, 2.24) is 0 Å². The first-order valence-corrected chi connectivity index (χ1v) is 10.4. The molecule has 0 aromatic rings. The van der Waals surface area contributed by atoms with E-state index in [9.17, 15) is 0 Å². The van der Waals surface area contributed by atoms with Crippen LogP contribution in [0.2, 0.25) is 25.2 Å². The maximum Gasteiger partial charge on any atom is 0.0598 e. The summed E-state index contributed by atoms with van der Waals surface area (Å²) in [6, 6.07) is 0. The molecular weight excluding hydrogens is 212 g/mol. The molecule has 2 heteroatoms. The van der Waals surface area contributed by atoms with Gasteiger partial charge in [0, 0.05) is 8.07 Å². The second-order valence-electron chi connectivity index (χ2n) is 7.51. The highest BCUT2D eigenvalue weighted by Crippen LogP contribution is 2.39. The summed E-state index contributed by atoms with van der Waals surface area (Å²) in [4.78, 5) is 0. The fraction of sp³-hybridized carbons (Fsp3) is 1.00. The van der Waals surface area contributed by atoms with Crippen molar-refractivity contribution in [2.24, 2.45) is 5.92 Å². The predicted molar refractivity (Wildman–Crippen MR) is 74.8 cm³/mol. The number of hydrogen-bond acceptors (Lipinski definition) is 1. The minimum Gasteiger partial charge on any atom is -0.376 e. The van der Waals surface area contributed by atoms with Crippen LogP contribution in [0, 0.1) is 5.92 Å².